The maximum absolute atomic E-state index is 12.6. The number of carbonyl (C=O) groups excluding carboxylic acids is 1. The second kappa shape index (κ2) is 6.52. The normalized spacial score (nSPS) is 30.3. The molecular formula is C19H28N2O2. The van der Waals surface area contributed by atoms with Crippen LogP contribution < -0.4 is 15.8 Å². The van der Waals surface area contributed by atoms with Gasteiger partial charge in [0.2, 0.25) is 5.91 Å². The lowest BCUT2D eigenvalue weighted by atomic mass is 9.84. The molecule has 1 aromatic rings. The van der Waals surface area contributed by atoms with E-state index in [9.17, 15) is 4.79 Å². The fraction of sp³-hybridized carbons (Fsp3) is 0.632. The maximum Gasteiger partial charge on any atom is 0.225 e. The molecule has 4 nitrogen and oxygen atoms in total. The molecule has 5 unspecified atom stereocenters. The first-order chi connectivity index (χ1) is 11.0. The number of amides is 1. The van der Waals surface area contributed by atoms with Crippen molar-refractivity contribution in [3.05, 3.63) is 29.3 Å². The summed E-state index contributed by atoms with van der Waals surface area (Å²) in [7, 11) is 0. The third kappa shape index (κ3) is 3.23. The van der Waals surface area contributed by atoms with Crippen molar-refractivity contribution >= 4 is 5.91 Å². The largest absolute Gasteiger partial charge is 0.491 e. The van der Waals surface area contributed by atoms with Crippen molar-refractivity contribution in [3.63, 3.8) is 0 Å². The van der Waals surface area contributed by atoms with Crippen LogP contribution in [0.2, 0.25) is 0 Å². The summed E-state index contributed by atoms with van der Waals surface area (Å²) in [5.41, 5.74) is 8.50. The summed E-state index contributed by atoms with van der Waals surface area (Å²) in [4.78, 5) is 12.6. The minimum absolute atomic E-state index is 0.00334. The summed E-state index contributed by atoms with van der Waals surface area (Å²) >= 11 is 0. The molecule has 5 atom stereocenters. The van der Waals surface area contributed by atoms with Crippen LogP contribution in [0.1, 0.15) is 37.3 Å². The van der Waals surface area contributed by atoms with Crippen LogP contribution in [0.15, 0.2) is 18.2 Å². The quantitative estimate of drug-likeness (QED) is 0.877. The van der Waals surface area contributed by atoms with Crippen LogP contribution in [0, 0.1) is 31.6 Å². The number of para-hydroxylation sites is 1. The molecule has 0 aromatic heterocycles. The molecule has 1 amide bonds. The third-order valence-electron chi connectivity index (χ3n) is 5.56. The van der Waals surface area contributed by atoms with Gasteiger partial charge in [0.25, 0.3) is 0 Å². The molecule has 0 aliphatic heterocycles. The van der Waals surface area contributed by atoms with E-state index in [1.807, 2.05) is 39.0 Å². The summed E-state index contributed by atoms with van der Waals surface area (Å²) in [5, 5.41) is 3.10. The van der Waals surface area contributed by atoms with Crippen LogP contribution >= 0.6 is 0 Å². The van der Waals surface area contributed by atoms with Crippen molar-refractivity contribution in [1.29, 1.82) is 0 Å². The molecule has 4 heteroatoms. The number of fused-ring (bicyclic) bond motifs is 2. The molecule has 2 fully saturated rings. The van der Waals surface area contributed by atoms with Crippen molar-refractivity contribution in [2.24, 2.45) is 23.5 Å². The molecule has 2 bridgehead atoms. The molecule has 1 aromatic carbocycles. The Balaban J connectivity index is 1.53. The number of rotatable bonds is 5. The standard InChI is InChI=1S/C19H28N2O2/c1-11-5-4-6-12(2)18(11)23-10-13(3)21-19(22)16-14-7-8-15(9-14)17(16)20/h4-6,13-17H,7-10,20H2,1-3H3,(H,21,22). The highest BCUT2D eigenvalue weighted by Gasteiger charge is 2.49. The van der Waals surface area contributed by atoms with Crippen molar-refractivity contribution in [1.82, 2.24) is 5.32 Å². The van der Waals surface area contributed by atoms with E-state index in [1.54, 1.807) is 0 Å². The van der Waals surface area contributed by atoms with Gasteiger partial charge in [-0.05, 0) is 63.0 Å². The Kier molecular flexibility index (Phi) is 4.62. The minimum Gasteiger partial charge on any atom is -0.491 e. The molecule has 2 aliphatic rings. The van der Waals surface area contributed by atoms with Gasteiger partial charge in [0.05, 0.1) is 12.0 Å². The Bertz CT molecular complexity index is 564. The second-order valence-corrected chi connectivity index (χ2v) is 7.38. The Morgan fingerprint density at radius 1 is 1.30 bits per heavy atom. The van der Waals surface area contributed by atoms with Crippen LogP contribution in [0.3, 0.4) is 0 Å². The maximum atomic E-state index is 12.6. The van der Waals surface area contributed by atoms with E-state index < -0.39 is 0 Å². The van der Waals surface area contributed by atoms with Gasteiger partial charge >= 0.3 is 0 Å². The second-order valence-electron chi connectivity index (χ2n) is 7.38. The zero-order valence-electron chi connectivity index (χ0n) is 14.3. The highest BCUT2D eigenvalue weighted by molar-refractivity contribution is 5.80. The van der Waals surface area contributed by atoms with E-state index in [0.29, 0.717) is 18.4 Å². The number of aryl methyl sites for hydroxylation is 2. The van der Waals surface area contributed by atoms with Gasteiger partial charge < -0.3 is 15.8 Å². The van der Waals surface area contributed by atoms with Crippen LogP contribution in [-0.2, 0) is 4.79 Å². The highest BCUT2D eigenvalue weighted by atomic mass is 16.5. The van der Waals surface area contributed by atoms with E-state index in [0.717, 1.165) is 29.7 Å². The summed E-state index contributed by atoms with van der Waals surface area (Å²) < 4.78 is 5.94. The molecule has 0 spiro atoms. The predicted molar refractivity (Wildman–Crippen MR) is 91.3 cm³/mol. The summed E-state index contributed by atoms with van der Waals surface area (Å²) in [5.74, 6) is 2.07. The first-order valence-electron chi connectivity index (χ1n) is 8.72. The minimum atomic E-state index is -0.0205. The van der Waals surface area contributed by atoms with E-state index in [2.05, 4.69) is 5.32 Å². The van der Waals surface area contributed by atoms with E-state index in [1.165, 1.54) is 6.42 Å². The highest BCUT2D eigenvalue weighted by Crippen LogP contribution is 2.47. The first-order valence-corrected chi connectivity index (χ1v) is 8.72. The van der Waals surface area contributed by atoms with E-state index >= 15 is 0 Å². The molecule has 23 heavy (non-hydrogen) atoms. The SMILES string of the molecule is Cc1cccc(C)c1OCC(C)NC(=O)C1C2CCC(C2)C1N. The number of nitrogens with one attached hydrogen (secondary N) is 1. The van der Waals surface area contributed by atoms with Gasteiger partial charge in [-0.3, -0.25) is 4.79 Å². The molecular weight excluding hydrogens is 288 g/mol. The van der Waals surface area contributed by atoms with E-state index in [4.69, 9.17) is 10.5 Å². The molecule has 0 heterocycles. The third-order valence-corrected chi connectivity index (χ3v) is 5.56. The zero-order valence-corrected chi connectivity index (χ0v) is 14.3. The Labute approximate surface area is 138 Å². The monoisotopic (exact) mass is 316 g/mol. The lowest BCUT2D eigenvalue weighted by molar-refractivity contribution is -0.127. The van der Waals surface area contributed by atoms with Gasteiger partial charge in [-0.15, -0.1) is 0 Å². The van der Waals surface area contributed by atoms with Gasteiger partial charge in [0, 0.05) is 6.04 Å². The predicted octanol–water partition coefficient (Wildman–Crippen LogP) is 2.56. The van der Waals surface area contributed by atoms with Crippen LogP contribution in [0.4, 0.5) is 0 Å². The topological polar surface area (TPSA) is 64.3 Å². The smallest absolute Gasteiger partial charge is 0.225 e. The molecule has 0 saturated heterocycles. The number of nitrogens with two attached hydrogens (primary N) is 1. The molecule has 2 saturated carbocycles. The molecule has 3 rings (SSSR count). The average molecular weight is 316 g/mol. The van der Waals surface area contributed by atoms with Gasteiger partial charge in [0.15, 0.2) is 0 Å². The number of benzene rings is 1. The fourth-order valence-electron chi connectivity index (χ4n) is 4.34. The molecule has 126 valence electrons. The first kappa shape index (κ1) is 16.3. The number of carbonyl (C=O) groups is 1. The lowest BCUT2D eigenvalue weighted by Crippen LogP contribution is -2.48. The molecule has 2 aliphatic carbocycles. The van der Waals surface area contributed by atoms with Crippen molar-refractivity contribution in [2.75, 3.05) is 6.61 Å². The Morgan fingerprint density at radius 3 is 2.57 bits per heavy atom. The Morgan fingerprint density at radius 2 is 1.96 bits per heavy atom. The van der Waals surface area contributed by atoms with Crippen LogP contribution in [-0.4, -0.2) is 24.6 Å². The van der Waals surface area contributed by atoms with Crippen LogP contribution in [0.25, 0.3) is 0 Å². The van der Waals surface area contributed by atoms with E-state index in [-0.39, 0.29) is 23.9 Å². The van der Waals surface area contributed by atoms with Crippen molar-refractivity contribution in [2.45, 2.75) is 52.1 Å². The van der Waals surface area contributed by atoms with Gasteiger partial charge in [-0.25, -0.2) is 0 Å². The molecule has 0 radical (unpaired) electrons. The zero-order chi connectivity index (χ0) is 16.6. The fourth-order valence-corrected chi connectivity index (χ4v) is 4.34. The van der Waals surface area contributed by atoms with Crippen molar-refractivity contribution in [3.8, 4) is 5.75 Å². The van der Waals surface area contributed by atoms with Gasteiger partial charge in [0.1, 0.15) is 12.4 Å². The van der Waals surface area contributed by atoms with Gasteiger partial charge in [-0.2, -0.15) is 0 Å². The Hall–Kier alpha value is -1.55. The summed E-state index contributed by atoms with van der Waals surface area (Å²) in [6.07, 6.45) is 3.48. The lowest BCUT2D eigenvalue weighted by Gasteiger charge is -2.28. The number of hydrogen-bond donors (Lipinski definition) is 2. The summed E-state index contributed by atoms with van der Waals surface area (Å²) in [6.45, 7) is 6.55. The number of ether oxygens (including phenoxy) is 1. The number of hydrogen-bond acceptors (Lipinski definition) is 3. The van der Waals surface area contributed by atoms with Crippen molar-refractivity contribution < 1.29 is 9.53 Å². The summed E-state index contributed by atoms with van der Waals surface area (Å²) in [6, 6.07) is 6.13. The molecule has 3 N–H and O–H groups in total. The van der Waals surface area contributed by atoms with Gasteiger partial charge in [-0.1, -0.05) is 18.2 Å². The van der Waals surface area contributed by atoms with Crippen LogP contribution in [0.5, 0.6) is 5.75 Å². The average Bonchev–Trinajstić information content (AvgIpc) is 3.07.